The van der Waals surface area contributed by atoms with Gasteiger partial charge in [0.2, 0.25) is 0 Å². The maximum atomic E-state index is 12.7. The van der Waals surface area contributed by atoms with Crippen LogP contribution in [0.4, 0.5) is 0 Å². The smallest absolute Gasteiger partial charge is 0.142 e. The zero-order valence-electron chi connectivity index (χ0n) is 21.2. The molecule has 3 fully saturated rings. The summed E-state index contributed by atoms with van der Waals surface area (Å²) >= 11 is 0. The zero-order chi connectivity index (χ0) is 22.8. The van der Waals surface area contributed by atoms with Crippen molar-refractivity contribution < 1.29 is 9.90 Å². The van der Waals surface area contributed by atoms with Crippen molar-refractivity contribution in [1.82, 2.24) is 0 Å². The van der Waals surface area contributed by atoms with Gasteiger partial charge in [-0.15, -0.1) is 0 Å². The first-order valence-corrected chi connectivity index (χ1v) is 13.0. The molecule has 2 heteroatoms. The van der Waals surface area contributed by atoms with Crippen molar-refractivity contribution in [3.8, 4) is 0 Å². The number of ketones is 1. The number of hydrogen-bond acceptors (Lipinski definition) is 2. The van der Waals surface area contributed by atoms with Crippen LogP contribution in [-0.4, -0.2) is 16.5 Å². The first kappa shape index (κ1) is 23.3. The summed E-state index contributed by atoms with van der Waals surface area (Å²) in [5.74, 6) is 2.70. The second kappa shape index (κ2) is 7.57. The molecule has 174 valence electrons. The summed E-state index contributed by atoms with van der Waals surface area (Å²) in [4.78, 5) is 12.7. The van der Waals surface area contributed by atoms with Gasteiger partial charge in [0.15, 0.2) is 0 Å². The van der Waals surface area contributed by atoms with Crippen molar-refractivity contribution in [3.63, 3.8) is 0 Å². The number of carbonyl (C=O) groups is 1. The summed E-state index contributed by atoms with van der Waals surface area (Å²) in [7, 11) is 0. The number of hydrogen-bond donors (Lipinski definition) is 1. The van der Waals surface area contributed by atoms with Crippen LogP contribution in [0.5, 0.6) is 0 Å². The van der Waals surface area contributed by atoms with Crippen LogP contribution >= 0.6 is 0 Å². The maximum absolute atomic E-state index is 12.7. The van der Waals surface area contributed by atoms with Gasteiger partial charge in [-0.2, -0.15) is 0 Å². The van der Waals surface area contributed by atoms with Gasteiger partial charge in [-0.25, -0.2) is 0 Å². The van der Waals surface area contributed by atoms with E-state index in [0.29, 0.717) is 29.5 Å². The van der Waals surface area contributed by atoms with Gasteiger partial charge in [0.1, 0.15) is 5.78 Å². The molecule has 0 amide bonds. The van der Waals surface area contributed by atoms with E-state index in [-0.39, 0.29) is 16.2 Å². The molecular formula is C29H46O2. The molecule has 31 heavy (non-hydrogen) atoms. The van der Waals surface area contributed by atoms with Crippen molar-refractivity contribution in [3.05, 3.63) is 23.3 Å². The molecule has 0 bridgehead atoms. The van der Waals surface area contributed by atoms with Crippen molar-refractivity contribution >= 4 is 5.78 Å². The fraction of sp³-hybridized carbons (Fsp3) is 0.828. The Balaban J connectivity index is 1.61. The minimum Gasteiger partial charge on any atom is -0.389 e. The molecule has 0 aromatic carbocycles. The van der Waals surface area contributed by atoms with Crippen molar-refractivity contribution in [2.24, 2.45) is 39.9 Å². The molecule has 0 aromatic heterocycles. The van der Waals surface area contributed by atoms with Crippen LogP contribution < -0.4 is 0 Å². The lowest BCUT2D eigenvalue weighted by atomic mass is 9.44. The molecule has 0 unspecified atom stereocenters. The average molecular weight is 427 g/mol. The first-order valence-electron chi connectivity index (χ1n) is 13.0. The molecule has 0 aliphatic heterocycles. The van der Waals surface area contributed by atoms with Gasteiger partial charge in [-0.05, 0) is 114 Å². The number of Topliss-reactive ketones (excluding diaryl/α,β-unsaturated/α-hetero) is 1. The Bertz CT molecular complexity index is 800. The van der Waals surface area contributed by atoms with E-state index in [2.05, 4.69) is 60.6 Å². The van der Waals surface area contributed by atoms with E-state index in [0.717, 1.165) is 44.9 Å². The molecule has 7 atom stereocenters. The van der Waals surface area contributed by atoms with E-state index in [1.54, 1.807) is 0 Å². The molecule has 4 aliphatic rings. The molecular weight excluding hydrogens is 380 g/mol. The number of fused-ring (bicyclic) bond motifs is 5. The largest absolute Gasteiger partial charge is 0.389 e. The third-order valence-electron chi connectivity index (χ3n) is 10.9. The predicted octanol–water partition coefficient (Wildman–Crippen LogP) is 7.27. The summed E-state index contributed by atoms with van der Waals surface area (Å²) in [6, 6.07) is 0. The van der Waals surface area contributed by atoms with E-state index >= 15 is 0 Å². The Morgan fingerprint density at radius 1 is 1.13 bits per heavy atom. The Kier molecular flexibility index (Phi) is 5.69. The van der Waals surface area contributed by atoms with E-state index in [9.17, 15) is 9.90 Å². The van der Waals surface area contributed by atoms with Crippen LogP contribution in [0.1, 0.15) is 106 Å². The monoisotopic (exact) mass is 426 g/mol. The highest BCUT2D eigenvalue weighted by Crippen LogP contribution is 2.69. The third-order valence-corrected chi connectivity index (χ3v) is 10.9. The van der Waals surface area contributed by atoms with Crippen LogP contribution in [0.25, 0.3) is 0 Å². The summed E-state index contributed by atoms with van der Waals surface area (Å²) in [6.07, 6.45) is 14.3. The zero-order valence-corrected chi connectivity index (χ0v) is 21.2. The quantitative estimate of drug-likeness (QED) is 0.480. The van der Waals surface area contributed by atoms with Gasteiger partial charge < -0.3 is 5.11 Å². The molecule has 0 heterocycles. The molecule has 1 N–H and O–H groups in total. The van der Waals surface area contributed by atoms with Gasteiger partial charge in [-0.3, -0.25) is 4.79 Å². The SMILES string of the molecule is CC(C)=CCC[C@@H](C)[C@]1(O)CC[C@H]2[C@@H]3CC=C4C(C)(C)C(=O)CC[C@]4(C)[C@H]3CC[C@@]21C. The third kappa shape index (κ3) is 3.25. The Morgan fingerprint density at radius 2 is 1.81 bits per heavy atom. The summed E-state index contributed by atoms with van der Waals surface area (Å²) < 4.78 is 0. The minimum absolute atomic E-state index is 0.0280. The maximum Gasteiger partial charge on any atom is 0.142 e. The molecule has 4 rings (SSSR count). The second-order valence-electron chi connectivity index (χ2n) is 12.9. The van der Waals surface area contributed by atoms with Gasteiger partial charge in [0, 0.05) is 11.8 Å². The molecule has 0 radical (unpaired) electrons. The van der Waals surface area contributed by atoms with Crippen LogP contribution in [0.15, 0.2) is 23.3 Å². The molecule has 4 aliphatic carbocycles. The molecule has 0 spiro atoms. The Labute approximate surface area is 191 Å². The Hall–Kier alpha value is -0.890. The summed E-state index contributed by atoms with van der Waals surface area (Å²) in [5, 5.41) is 12.1. The lowest BCUT2D eigenvalue weighted by molar-refractivity contribution is -0.152. The standard InChI is InChI=1S/C29H46O2/c1-19(2)9-8-10-20(3)29(31)18-14-23-21-11-12-24-26(4,5)25(30)15-16-27(24,6)22(21)13-17-28(23,29)7/h9,12,20-23,31H,8,10-11,13-18H2,1-7H3/t20-,21-,22+,23+,27-,28+,29-/m1/s1. The fourth-order valence-electron chi connectivity index (χ4n) is 8.94. The van der Waals surface area contributed by atoms with E-state index < -0.39 is 5.60 Å². The number of aliphatic hydroxyl groups is 1. The Morgan fingerprint density at radius 3 is 2.48 bits per heavy atom. The van der Waals surface area contributed by atoms with Crippen molar-refractivity contribution in [1.29, 1.82) is 0 Å². The first-order chi connectivity index (χ1) is 14.4. The lowest BCUT2D eigenvalue weighted by Gasteiger charge is -2.61. The van der Waals surface area contributed by atoms with Gasteiger partial charge in [0.25, 0.3) is 0 Å². The molecule has 0 saturated heterocycles. The van der Waals surface area contributed by atoms with Crippen LogP contribution in [0, 0.1) is 39.9 Å². The minimum atomic E-state index is -0.537. The lowest BCUT2D eigenvalue weighted by Crippen LogP contribution is -2.57. The number of allylic oxidation sites excluding steroid dienone is 4. The predicted molar refractivity (Wildman–Crippen MR) is 129 cm³/mol. The molecule has 0 aromatic rings. The number of rotatable bonds is 4. The van der Waals surface area contributed by atoms with E-state index in [4.69, 9.17) is 0 Å². The van der Waals surface area contributed by atoms with Crippen LogP contribution in [-0.2, 0) is 4.79 Å². The van der Waals surface area contributed by atoms with Gasteiger partial charge in [0.05, 0.1) is 5.60 Å². The van der Waals surface area contributed by atoms with E-state index in [1.165, 1.54) is 24.0 Å². The summed E-state index contributed by atoms with van der Waals surface area (Å²) in [6.45, 7) is 15.8. The number of carbonyl (C=O) groups excluding carboxylic acids is 1. The van der Waals surface area contributed by atoms with Crippen LogP contribution in [0.3, 0.4) is 0 Å². The van der Waals surface area contributed by atoms with Gasteiger partial charge in [-0.1, -0.05) is 44.1 Å². The van der Waals surface area contributed by atoms with Crippen molar-refractivity contribution in [2.75, 3.05) is 0 Å². The van der Waals surface area contributed by atoms with Gasteiger partial charge >= 0.3 is 0 Å². The topological polar surface area (TPSA) is 37.3 Å². The average Bonchev–Trinajstić information content (AvgIpc) is 2.97. The normalized spacial score (nSPS) is 44.6. The van der Waals surface area contributed by atoms with Crippen molar-refractivity contribution in [2.45, 2.75) is 112 Å². The molecule has 2 nitrogen and oxygen atoms in total. The van der Waals surface area contributed by atoms with Crippen LogP contribution in [0.2, 0.25) is 0 Å². The second-order valence-corrected chi connectivity index (χ2v) is 12.9. The van der Waals surface area contributed by atoms with E-state index in [1.807, 2.05) is 0 Å². The highest BCUT2D eigenvalue weighted by molar-refractivity contribution is 5.89. The molecule has 3 saturated carbocycles. The highest BCUT2D eigenvalue weighted by Gasteiger charge is 2.65. The summed E-state index contributed by atoms with van der Waals surface area (Å²) in [5.41, 5.74) is 2.17. The fourth-order valence-corrected chi connectivity index (χ4v) is 8.94. The highest BCUT2D eigenvalue weighted by atomic mass is 16.3.